The number of aromatic hydroxyl groups is 1. The fraction of sp³-hybridized carbons (Fsp3) is 0. The number of aromatic nitrogens is 3. The lowest BCUT2D eigenvalue weighted by Gasteiger charge is -2.09. The number of fused-ring (bicyclic) bond motifs is 7. The molecule has 7 aromatic rings. The van der Waals surface area contributed by atoms with Gasteiger partial charge in [0.2, 0.25) is 0 Å². The molecule has 4 aromatic carbocycles. The Kier molecular flexibility index (Phi) is 3.67. The Labute approximate surface area is 189 Å². The van der Waals surface area contributed by atoms with Crippen molar-refractivity contribution in [1.82, 2.24) is 14.1 Å². The van der Waals surface area contributed by atoms with E-state index in [1.807, 2.05) is 42.6 Å². The summed E-state index contributed by atoms with van der Waals surface area (Å²) >= 11 is 0. The van der Waals surface area contributed by atoms with Gasteiger partial charge in [-0.1, -0.05) is 60.7 Å². The maximum absolute atomic E-state index is 10.8. The number of benzene rings is 4. The van der Waals surface area contributed by atoms with Gasteiger partial charge >= 0.3 is 0 Å². The van der Waals surface area contributed by atoms with Crippen molar-refractivity contribution in [2.24, 2.45) is 0 Å². The van der Waals surface area contributed by atoms with Gasteiger partial charge < -0.3 is 14.2 Å². The molecular weight excluding hydrogens is 406 g/mol. The molecule has 1 N–H and O–H groups in total. The number of phenols is 1. The monoisotopic (exact) mass is 425 g/mol. The summed E-state index contributed by atoms with van der Waals surface area (Å²) in [6, 6.07) is 34.8. The van der Waals surface area contributed by atoms with Crippen LogP contribution in [0.3, 0.4) is 0 Å². The van der Waals surface area contributed by atoms with E-state index in [1.54, 1.807) is 6.07 Å². The van der Waals surface area contributed by atoms with Crippen molar-refractivity contribution in [2.45, 2.75) is 0 Å². The lowest BCUT2D eigenvalue weighted by Crippen LogP contribution is -1.95. The second-order valence-electron chi connectivity index (χ2n) is 8.25. The molecule has 0 aliphatic rings. The minimum atomic E-state index is 0.242. The Bertz CT molecular complexity index is 1810. The van der Waals surface area contributed by atoms with Gasteiger partial charge in [-0.3, -0.25) is 4.98 Å². The molecule has 0 aliphatic heterocycles. The molecule has 0 fully saturated rings. The van der Waals surface area contributed by atoms with Crippen LogP contribution >= 0.6 is 0 Å². The quantitative estimate of drug-likeness (QED) is 0.325. The molecule has 0 saturated heterocycles. The summed E-state index contributed by atoms with van der Waals surface area (Å²) in [4.78, 5) is 4.92. The van der Waals surface area contributed by atoms with Crippen molar-refractivity contribution in [3.63, 3.8) is 0 Å². The number of nitrogens with zero attached hydrogens (tertiary/aromatic N) is 3. The molecule has 7 rings (SSSR count). The highest BCUT2D eigenvalue weighted by molar-refractivity contribution is 6.25. The van der Waals surface area contributed by atoms with Crippen LogP contribution in [0.5, 0.6) is 5.75 Å². The van der Waals surface area contributed by atoms with Crippen LogP contribution in [-0.4, -0.2) is 19.2 Å². The first kappa shape index (κ1) is 18.0. The third-order valence-electron chi connectivity index (χ3n) is 6.44. The molecule has 4 heteroatoms. The first-order chi connectivity index (χ1) is 16.3. The van der Waals surface area contributed by atoms with Crippen molar-refractivity contribution < 1.29 is 5.11 Å². The zero-order valence-electron chi connectivity index (χ0n) is 17.7. The Morgan fingerprint density at radius 2 is 1.18 bits per heavy atom. The van der Waals surface area contributed by atoms with Gasteiger partial charge in [0.15, 0.2) is 0 Å². The van der Waals surface area contributed by atoms with Crippen LogP contribution < -0.4 is 0 Å². The summed E-state index contributed by atoms with van der Waals surface area (Å²) in [5.74, 6) is 0.242. The summed E-state index contributed by atoms with van der Waals surface area (Å²) in [6.45, 7) is 0. The first-order valence-electron chi connectivity index (χ1n) is 11.0. The van der Waals surface area contributed by atoms with Gasteiger partial charge in [0.25, 0.3) is 0 Å². The van der Waals surface area contributed by atoms with Crippen molar-refractivity contribution in [2.75, 3.05) is 0 Å². The fourth-order valence-corrected chi connectivity index (χ4v) is 5.11. The highest BCUT2D eigenvalue weighted by atomic mass is 16.3. The zero-order chi connectivity index (χ0) is 21.9. The summed E-state index contributed by atoms with van der Waals surface area (Å²) in [5, 5.41) is 13.9. The van der Waals surface area contributed by atoms with Gasteiger partial charge in [0.05, 0.1) is 33.6 Å². The van der Waals surface area contributed by atoms with Crippen LogP contribution in [0.15, 0.2) is 109 Å². The largest absolute Gasteiger partial charge is 0.507 e. The highest BCUT2D eigenvalue weighted by Gasteiger charge is 2.22. The van der Waals surface area contributed by atoms with Gasteiger partial charge in [0.1, 0.15) is 11.3 Å². The predicted molar refractivity (Wildman–Crippen MR) is 135 cm³/mol. The van der Waals surface area contributed by atoms with Crippen molar-refractivity contribution in [3.8, 4) is 17.1 Å². The predicted octanol–water partition coefficient (Wildman–Crippen LogP) is 6.98. The summed E-state index contributed by atoms with van der Waals surface area (Å²) < 4.78 is 4.49. The Morgan fingerprint density at radius 1 is 0.545 bits per heavy atom. The fourth-order valence-electron chi connectivity index (χ4n) is 5.11. The van der Waals surface area contributed by atoms with Crippen LogP contribution in [0.4, 0.5) is 0 Å². The van der Waals surface area contributed by atoms with E-state index in [0.717, 1.165) is 55.1 Å². The van der Waals surface area contributed by atoms with E-state index < -0.39 is 0 Å². The number of pyridine rings is 1. The molecule has 156 valence electrons. The maximum atomic E-state index is 10.8. The lowest BCUT2D eigenvalue weighted by atomic mass is 10.1. The minimum Gasteiger partial charge on any atom is -0.507 e. The first-order valence-corrected chi connectivity index (χ1v) is 11.0. The molecule has 33 heavy (non-hydrogen) atoms. The number of para-hydroxylation sites is 3. The van der Waals surface area contributed by atoms with Gasteiger partial charge in [-0.15, -0.1) is 0 Å². The van der Waals surface area contributed by atoms with Gasteiger partial charge in [-0.2, -0.15) is 0 Å². The van der Waals surface area contributed by atoms with Crippen LogP contribution in [0.1, 0.15) is 0 Å². The number of rotatable bonds is 2. The van der Waals surface area contributed by atoms with Crippen LogP contribution in [0, 0.1) is 0 Å². The SMILES string of the molecule is Oc1cccc2c1c1ncc3c(c4ccccc4n3-c3ccccc3)c1n2-c1ccccc1. The van der Waals surface area contributed by atoms with E-state index in [2.05, 4.69) is 69.8 Å². The molecule has 4 nitrogen and oxygen atoms in total. The molecule has 3 aromatic heterocycles. The smallest absolute Gasteiger partial charge is 0.127 e. The average molecular weight is 425 g/mol. The molecule has 0 bridgehead atoms. The Hall–Kier alpha value is -4.57. The molecule has 0 aliphatic carbocycles. The zero-order valence-corrected chi connectivity index (χ0v) is 17.7. The maximum Gasteiger partial charge on any atom is 0.127 e. The molecule has 0 spiro atoms. The number of phenolic OH excluding ortho intramolecular Hbond substituents is 1. The molecule has 0 atom stereocenters. The number of hydrogen-bond donors (Lipinski definition) is 1. The number of hydrogen-bond acceptors (Lipinski definition) is 2. The van der Waals surface area contributed by atoms with Crippen LogP contribution in [0.2, 0.25) is 0 Å². The lowest BCUT2D eigenvalue weighted by molar-refractivity contribution is 0.482. The van der Waals surface area contributed by atoms with Crippen LogP contribution in [0.25, 0.3) is 55.1 Å². The molecule has 0 amide bonds. The molecule has 0 saturated carbocycles. The summed E-state index contributed by atoms with van der Waals surface area (Å²) in [7, 11) is 0. The Morgan fingerprint density at radius 3 is 1.94 bits per heavy atom. The average Bonchev–Trinajstić information content (AvgIpc) is 3.38. The van der Waals surface area contributed by atoms with Gasteiger partial charge in [-0.25, -0.2) is 0 Å². The molecule has 0 radical (unpaired) electrons. The van der Waals surface area contributed by atoms with Gasteiger partial charge in [0, 0.05) is 22.1 Å². The van der Waals surface area contributed by atoms with E-state index >= 15 is 0 Å². The normalized spacial score (nSPS) is 11.8. The Balaban J connectivity index is 1.79. The topological polar surface area (TPSA) is 43.0 Å². The van der Waals surface area contributed by atoms with E-state index in [4.69, 9.17) is 4.98 Å². The van der Waals surface area contributed by atoms with E-state index in [9.17, 15) is 5.11 Å². The molecule has 3 heterocycles. The second-order valence-corrected chi connectivity index (χ2v) is 8.25. The molecular formula is C29H19N3O. The van der Waals surface area contributed by atoms with Gasteiger partial charge in [-0.05, 0) is 42.5 Å². The third kappa shape index (κ3) is 2.43. The van der Waals surface area contributed by atoms with Crippen molar-refractivity contribution >= 4 is 43.7 Å². The minimum absolute atomic E-state index is 0.242. The van der Waals surface area contributed by atoms with E-state index in [1.165, 1.54) is 0 Å². The summed E-state index contributed by atoms with van der Waals surface area (Å²) in [5.41, 5.74) is 7.03. The second kappa shape index (κ2) is 6.71. The standard InChI is InChI=1S/C29H19N3O/c33-25-17-9-16-23-27(25)28-29(32(23)20-12-5-2-6-13-20)26-21-14-7-8-15-22(21)31(24(26)18-30-28)19-10-3-1-4-11-19/h1-18,33H. The highest BCUT2D eigenvalue weighted by Crippen LogP contribution is 2.42. The van der Waals surface area contributed by atoms with E-state index in [0.29, 0.717) is 0 Å². The van der Waals surface area contributed by atoms with Crippen molar-refractivity contribution in [3.05, 3.63) is 109 Å². The van der Waals surface area contributed by atoms with Crippen LogP contribution in [-0.2, 0) is 0 Å². The van der Waals surface area contributed by atoms with E-state index in [-0.39, 0.29) is 5.75 Å². The molecule has 0 unspecified atom stereocenters. The van der Waals surface area contributed by atoms with Crippen molar-refractivity contribution in [1.29, 1.82) is 0 Å². The summed E-state index contributed by atoms with van der Waals surface area (Å²) in [6.07, 6.45) is 1.94. The third-order valence-corrected chi connectivity index (χ3v) is 6.44.